The van der Waals surface area contributed by atoms with Crippen LogP contribution < -0.4 is 10.5 Å². The molecule has 114 valence electrons. The quantitative estimate of drug-likeness (QED) is 0.602. The molecule has 2 rings (SSSR count). The third kappa shape index (κ3) is 3.11. The molecule has 1 heterocycles. The van der Waals surface area contributed by atoms with Crippen molar-refractivity contribution in [1.29, 1.82) is 0 Å². The number of benzene rings is 1. The van der Waals surface area contributed by atoms with Gasteiger partial charge in [0.2, 0.25) is 0 Å². The van der Waals surface area contributed by atoms with E-state index in [0.717, 1.165) is 0 Å². The number of aliphatic carboxylic acids is 1. The van der Waals surface area contributed by atoms with Crippen molar-refractivity contribution in [2.45, 2.75) is 18.5 Å². The number of likely N-dealkylation sites (tertiary alicyclic amines) is 1. The highest BCUT2D eigenvalue weighted by molar-refractivity contribution is 5.79. The van der Waals surface area contributed by atoms with E-state index in [4.69, 9.17) is 15.6 Å². The summed E-state index contributed by atoms with van der Waals surface area (Å²) < 4.78 is 5.19. The summed E-state index contributed by atoms with van der Waals surface area (Å²) in [5, 5.41) is 19.9. The predicted molar refractivity (Wildman–Crippen MR) is 74.1 cm³/mol. The van der Waals surface area contributed by atoms with Gasteiger partial charge in [0, 0.05) is 37.3 Å². The highest BCUT2D eigenvalue weighted by Gasteiger charge is 2.41. The molecule has 0 bridgehead atoms. The maximum Gasteiger partial charge on any atom is 0.325 e. The van der Waals surface area contributed by atoms with Crippen LogP contribution in [0.15, 0.2) is 18.2 Å². The third-order valence-electron chi connectivity index (χ3n) is 3.67. The summed E-state index contributed by atoms with van der Waals surface area (Å²) in [6, 6.07) is 4.35. The Hall–Kier alpha value is -2.19. The zero-order valence-corrected chi connectivity index (χ0v) is 11.6. The second-order valence-electron chi connectivity index (χ2n) is 5.18. The van der Waals surface area contributed by atoms with Gasteiger partial charge in [0.05, 0.1) is 12.0 Å². The summed E-state index contributed by atoms with van der Waals surface area (Å²) in [5.41, 5.74) is 5.17. The number of carbonyl (C=O) groups is 1. The molecule has 0 aliphatic carbocycles. The molecule has 1 aromatic rings. The fraction of sp³-hybridized carbons (Fsp3) is 0.462. The van der Waals surface area contributed by atoms with E-state index in [2.05, 4.69) is 0 Å². The monoisotopic (exact) mass is 295 g/mol. The number of ether oxygens (including phenoxy) is 1. The minimum atomic E-state index is -1.26. The second-order valence-corrected chi connectivity index (χ2v) is 5.18. The van der Waals surface area contributed by atoms with Gasteiger partial charge in [-0.2, -0.15) is 0 Å². The molecule has 1 fully saturated rings. The van der Waals surface area contributed by atoms with E-state index in [9.17, 15) is 14.9 Å². The normalized spacial score (nSPS) is 22.2. The van der Waals surface area contributed by atoms with Gasteiger partial charge in [0.25, 0.3) is 5.69 Å². The Morgan fingerprint density at radius 1 is 1.62 bits per heavy atom. The molecule has 1 aliphatic rings. The van der Waals surface area contributed by atoms with Crippen molar-refractivity contribution in [2.75, 3.05) is 20.2 Å². The van der Waals surface area contributed by atoms with Crippen molar-refractivity contribution in [1.82, 2.24) is 4.90 Å². The number of nitrogens with zero attached hydrogens (tertiary/aromatic N) is 2. The molecule has 1 atom stereocenters. The number of carboxylic acid groups (broad SMARTS) is 1. The zero-order valence-electron chi connectivity index (χ0n) is 11.6. The Morgan fingerprint density at radius 2 is 2.33 bits per heavy atom. The molecule has 1 aromatic carbocycles. The van der Waals surface area contributed by atoms with Crippen LogP contribution in [0, 0.1) is 10.1 Å². The molecule has 1 aliphatic heterocycles. The van der Waals surface area contributed by atoms with Gasteiger partial charge in [0.1, 0.15) is 11.3 Å². The molecular formula is C13H17N3O5. The first-order valence-corrected chi connectivity index (χ1v) is 6.41. The molecule has 0 spiro atoms. The molecule has 0 aromatic heterocycles. The number of hydrogen-bond donors (Lipinski definition) is 2. The first kappa shape index (κ1) is 15.2. The van der Waals surface area contributed by atoms with Gasteiger partial charge in [-0.25, -0.2) is 0 Å². The van der Waals surface area contributed by atoms with E-state index in [1.54, 1.807) is 0 Å². The SMILES string of the molecule is COc1ccc([N+](=O)[O-])cc1CN1CCC(N)(C(=O)O)C1. The number of nitrogens with two attached hydrogens (primary N) is 1. The van der Waals surface area contributed by atoms with E-state index in [1.807, 2.05) is 4.90 Å². The molecule has 3 N–H and O–H groups in total. The Bertz CT molecular complexity index is 577. The van der Waals surface area contributed by atoms with E-state index >= 15 is 0 Å². The molecule has 8 heteroatoms. The summed E-state index contributed by atoms with van der Waals surface area (Å²) in [4.78, 5) is 23.3. The molecule has 0 amide bonds. The highest BCUT2D eigenvalue weighted by atomic mass is 16.6. The van der Waals surface area contributed by atoms with Crippen LogP contribution in [0.2, 0.25) is 0 Å². The van der Waals surface area contributed by atoms with Crippen LogP contribution in [-0.4, -0.2) is 46.6 Å². The van der Waals surface area contributed by atoms with Crippen LogP contribution in [0.25, 0.3) is 0 Å². The molecular weight excluding hydrogens is 278 g/mol. The van der Waals surface area contributed by atoms with Gasteiger partial charge in [0.15, 0.2) is 0 Å². The fourth-order valence-electron chi connectivity index (χ4n) is 2.47. The smallest absolute Gasteiger partial charge is 0.325 e. The number of nitro benzene ring substituents is 1. The van der Waals surface area contributed by atoms with Crippen molar-refractivity contribution in [2.24, 2.45) is 5.73 Å². The Labute approximate surface area is 121 Å². The summed E-state index contributed by atoms with van der Waals surface area (Å²) >= 11 is 0. The molecule has 0 saturated carbocycles. The molecule has 8 nitrogen and oxygen atoms in total. The topological polar surface area (TPSA) is 119 Å². The van der Waals surface area contributed by atoms with Gasteiger partial charge in [-0.05, 0) is 12.5 Å². The lowest BCUT2D eigenvalue weighted by atomic mass is 10.0. The fourth-order valence-corrected chi connectivity index (χ4v) is 2.47. The molecule has 1 unspecified atom stereocenters. The molecule has 21 heavy (non-hydrogen) atoms. The number of non-ortho nitro benzene ring substituents is 1. The first-order chi connectivity index (χ1) is 9.85. The number of rotatable bonds is 5. The lowest BCUT2D eigenvalue weighted by molar-refractivity contribution is -0.385. The number of hydrogen-bond acceptors (Lipinski definition) is 6. The maximum atomic E-state index is 11.1. The van der Waals surface area contributed by atoms with Crippen LogP contribution in [0.5, 0.6) is 5.75 Å². The van der Waals surface area contributed by atoms with Crippen molar-refractivity contribution in [3.05, 3.63) is 33.9 Å². The predicted octanol–water partition coefficient (Wildman–Crippen LogP) is 0.591. The Morgan fingerprint density at radius 3 is 2.86 bits per heavy atom. The number of methoxy groups -OCH3 is 1. The minimum absolute atomic E-state index is 0.0257. The van der Waals surface area contributed by atoms with Gasteiger partial charge in [-0.1, -0.05) is 0 Å². The van der Waals surface area contributed by atoms with E-state index in [-0.39, 0.29) is 12.2 Å². The average molecular weight is 295 g/mol. The zero-order chi connectivity index (χ0) is 15.6. The standard InChI is InChI=1S/C13H17N3O5/c1-21-11-3-2-10(16(19)20)6-9(11)7-15-5-4-13(14,8-15)12(17)18/h2-3,6H,4-5,7-8,14H2,1H3,(H,17,18). The minimum Gasteiger partial charge on any atom is -0.496 e. The highest BCUT2D eigenvalue weighted by Crippen LogP contribution is 2.28. The van der Waals surface area contributed by atoms with Crippen LogP contribution in [-0.2, 0) is 11.3 Å². The van der Waals surface area contributed by atoms with Crippen molar-refractivity contribution < 1.29 is 19.6 Å². The van der Waals surface area contributed by atoms with Crippen LogP contribution in [0.1, 0.15) is 12.0 Å². The Kier molecular flexibility index (Phi) is 4.10. The van der Waals surface area contributed by atoms with Crippen molar-refractivity contribution in [3.63, 3.8) is 0 Å². The summed E-state index contributed by atoms with van der Waals surface area (Å²) in [5.74, 6) is -0.499. The van der Waals surface area contributed by atoms with Crippen molar-refractivity contribution in [3.8, 4) is 5.75 Å². The van der Waals surface area contributed by atoms with E-state index < -0.39 is 16.4 Å². The third-order valence-corrected chi connectivity index (χ3v) is 3.67. The average Bonchev–Trinajstić information content (AvgIpc) is 2.81. The number of nitro groups is 1. The van der Waals surface area contributed by atoms with E-state index in [1.165, 1.54) is 25.3 Å². The summed E-state index contributed by atoms with van der Waals surface area (Å²) in [7, 11) is 1.49. The second kappa shape index (κ2) is 5.66. The van der Waals surface area contributed by atoms with Crippen LogP contribution in [0.4, 0.5) is 5.69 Å². The lowest BCUT2D eigenvalue weighted by Gasteiger charge is -2.20. The van der Waals surface area contributed by atoms with Gasteiger partial charge in [-0.3, -0.25) is 19.8 Å². The lowest BCUT2D eigenvalue weighted by Crippen LogP contribution is -2.50. The maximum absolute atomic E-state index is 11.1. The van der Waals surface area contributed by atoms with E-state index in [0.29, 0.717) is 30.8 Å². The molecule has 1 saturated heterocycles. The summed E-state index contributed by atoms with van der Waals surface area (Å²) in [6.07, 6.45) is 0.347. The van der Waals surface area contributed by atoms with Crippen LogP contribution >= 0.6 is 0 Å². The molecule has 0 radical (unpaired) electrons. The van der Waals surface area contributed by atoms with Gasteiger partial charge in [-0.15, -0.1) is 0 Å². The van der Waals surface area contributed by atoms with Crippen molar-refractivity contribution >= 4 is 11.7 Å². The van der Waals surface area contributed by atoms with Gasteiger partial charge < -0.3 is 15.6 Å². The first-order valence-electron chi connectivity index (χ1n) is 6.41. The largest absolute Gasteiger partial charge is 0.496 e. The summed E-state index contributed by atoms with van der Waals surface area (Å²) in [6.45, 7) is 1.08. The van der Waals surface area contributed by atoms with Crippen LogP contribution in [0.3, 0.4) is 0 Å². The van der Waals surface area contributed by atoms with Gasteiger partial charge >= 0.3 is 5.97 Å². The Balaban J connectivity index is 2.18. The number of carboxylic acids is 1.